The largest absolute Gasteiger partial charge is 0.272 e. The summed E-state index contributed by atoms with van der Waals surface area (Å²) in [6.07, 6.45) is 8.53. The molecule has 1 rings (SSSR count). The van der Waals surface area contributed by atoms with E-state index in [2.05, 4.69) is 17.2 Å². The third-order valence-electron chi connectivity index (χ3n) is 2.64. The van der Waals surface area contributed by atoms with E-state index in [1.54, 1.807) is 0 Å². The number of amidine groups is 1. The molecule has 1 N–H and O–H groups in total. The predicted octanol–water partition coefficient (Wildman–Crippen LogP) is 2.11. The summed E-state index contributed by atoms with van der Waals surface area (Å²) >= 11 is 1.50. The molecular formula is C9H15N3S. The number of nitrogens with one attached hydrogen (secondary N) is 1. The number of rotatable bonds is 2. The zero-order chi connectivity index (χ0) is 9.73. The Kier molecular flexibility index (Phi) is 3.61. The Bertz CT molecular complexity index is 232. The fraction of sp³-hybridized carbons (Fsp3) is 0.778. The summed E-state index contributed by atoms with van der Waals surface area (Å²) < 4.78 is 0. The van der Waals surface area contributed by atoms with Gasteiger partial charge in [-0.15, -0.1) is 0 Å². The van der Waals surface area contributed by atoms with Crippen molar-refractivity contribution in [2.75, 3.05) is 6.26 Å². The molecule has 0 heterocycles. The van der Waals surface area contributed by atoms with Crippen molar-refractivity contribution in [3.63, 3.8) is 0 Å². The Morgan fingerprint density at radius 3 is 2.69 bits per heavy atom. The van der Waals surface area contributed by atoms with Gasteiger partial charge in [-0.3, -0.25) is 10.3 Å². The second-order valence-electron chi connectivity index (χ2n) is 3.29. The lowest BCUT2D eigenvalue weighted by atomic mass is 9.75. The molecule has 0 amide bonds. The number of aliphatic imine (C=N–C) groups is 1. The molecule has 0 aromatic heterocycles. The Hall–Kier alpha value is -0.690. The molecule has 0 saturated heterocycles. The fourth-order valence-electron chi connectivity index (χ4n) is 1.52. The smallest absolute Gasteiger partial charge is 0.183 e. The molecule has 0 radical (unpaired) electrons. The molecule has 13 heavy (non-hydrogen) atoms. The zero-order valence-electron chi connectivity index (χ0n) is 8.13. The van der Waals surface area contributed by atoms with Crippen molar-refractivity contribution in [3.05, 3.63) is 0 Å². The summed E-state index contributed by atoms with van der Waals surface area (Å²) in [6.45, 7) is 2.16. The highest BCUT2D eigenvalue weighted by Crippen LogP contribution is 2.38. The van der Waals surface area contributed by atoms with Gasteiger partial charge < -0.3 is 0 Å². The lowest BCUT2D eigenvalue weighted by Crippen LogP contribution is -2.36. The van der Waals surface area contributed by atoms with Gasteiger partial charge >= 0.3 is 0 Å². The maximum atomic E-state index is 8.47. The van der Waals surface area contributed by atoms with Crippen LogP contribution in [0.25, 0.3) is 0 Å². The first kappa shape index (κ1) is 10.4. The average Bonchev–Trinajstić information content (AvgIpc) is 2.09. The van der Waals surface area contributed by atoms with Crippen LogP contribution in [-0.4, -0.2) is 17.0 Å². The fourth-order valence-corrected chi connectivity index (χ4v) is 1.95. The lowest BCUT2D eigenvalue weighted by Gasteiger charge is -2.37. The van der Waals surface area contributed by atoms with Crippen LogP contribution in [-0.2, 0) is 0 Å². The SMILES string of the molecule is CCC1(N=C(NC#N)SC)CCC1. The summed E-state index contributed by atoms with van der Waals surface area (Å²) in [5.74, 6) is 0. The standard InChI is InChI=1S/C9H15N3S/c1-3-9(5-4-6-9)12-8(13-2)11-7-10/h3-6H2,1-2H3,(H,11,12). The number of thioether (sulfide) groups is 1. The van der Waals surface area contributed by atoms with E-state index < -0.39 is 0 Å². The normalized spacial score (nSPS) is 20.2. The Morgan fingerprint density at radius 1 is 1.69 bits per heavy atom. The van der Waals surface area contributed by atoms with E-state index in [-0.39, 0.29) is 5.54 Å². The van der Waals surface area contributed by atoms with E-state index in [1.165, 1.54) is 31.0 Å². The number of hydrogen-bond donors (Lipinski definition) is 1. The van der Waals surface area contributed by atoms with Crippen LogP contribution >= 0.6 is 11.8 Å². The first-order valence-electron chi connectivity index (χ1n) is 4.55. The molecule has 3 nitrogen and oxygen atoms in total. The Labute approximate surface area is 83.6 Å². The molecule has 1 aliphatic carbocycles. The van der Waals surface area contributed by atoms with Gasteiger partial charge in [-0.25, -0.2) is 0 Å². The minimum atomic E-state index is 0.141. The van der Waals surface area contributed by atoms with Crippen LogP contribution in [0.5, 0.6) is 0 Å². The molecule has 1 saturated carbocycles. The van der Waals surface area contributed by atoms with Crippen LogP contribution in [0.3, 0.4) is 0 Å². The molecule has 0 bridgehead atoms. The van der Waals surface area contributed by atoms with Crippen molar-refractivity contribution in [1.82, 2.24) is 5.32 Å². The number of nitrogens with zero attached hydrogens (tertiary/aromatic N) is 2. The molecule has 0 aromatic rings. The topological polar surface area (TPSA) is 48.2 Å². The third kappa shape index (κ3) is 2.38. The minimum Gasteiger partial charge on any atom is -0.272 e. The zero-order valence-corrected chi connectivity index (χ0v) is 8.95. The van der Waals surface area contributed by atoms with E-state index in [4.69, 9.17) is 5.26 Å². The minimum absolute atomic E-state index is 0.141. The van der Waals surface area contributed by atoms with Crippen LogP contribution in [0.1, 0.15) is 32.6 Å². The molecule has 72 valence electrons. The molecule has 0 aromatic carbocycles. The summed E-state index contributed by atoms with van der Waals surface area (Å²) in [5, 5.41) is 11.8. The van der Waals surface area contributed by atoms with E-state index in [0.717, 1.165) is 11.6 Å². The third-order valence-corrected chi connectivity index (χ3v) is 3.22. The van der Waals surface area contributed by atoms with Gasteiger partial charge in [0.2, 0.25) is 0 Å². The molecule has 0 spiro atoms. The average molecular weight is 197 g/mol. The van der Waals surface area contributed by atoms with E-state index >= 15 is 0 Å². The molecular weight excluding hydrogens is 182 g/mol. The number of hydrogen-bond acceptors (Lipinski definition) is 3. The second-order valence-corrected chi connectivity index (χ2v) is 4.08. The predicted molar refractivity (Wildman–Crippen MR) is 56.6 cm³/mol. The van der Waals surface area contributed by atoms with Crippen LogP contribution in [0.4, 0.5) is 0 Å². The maximum Gasteiger partial charge on any atom is 0.183 e. The van der Waals surface area contributed by atoms with Crippen LogP contribution in [0.15, 0.2) is 4.99 Å². The van der Waals surface area contributed by atoms with Crippen molar-refractivity contribution < 1.29 is 0 Å². The van der Waals surface area contributed by atoms with Gasteiger partial charge in [0.1, 0.15) is 0 Å². The second kappa shape index (κ2) is 4.52. The van der Waals surface area contributed by atoms with Crippen molar-refractivity contribution >= 4 is 16.9 Å². The van der Waals surface area contributed by atoms with Crippen molar-refractivity contribution in [2.45, 2.75) is 38.1 Å². The van der Waals surface area contributed by atoms with Gasteiger partial charge in [-0.05, 0) is 31.9 Å². The van der Waals surface area contributed by atoms with Crippen LogP contribution in [0, 0.1) is 11.5 Å². The van der Waals surface area contributed by atoms with Crippen molar-refractivity contribution in [3.8, 4) is 6.19 Å². The molecule has 0 aliphatic heterocycles. The van der Waals surface area contributed by atoms with Crippen LogP contribution < -0.4 is 5.32 Å². The van der Waals surface area contributed by atoms with E-state index in [1.807, 2.05) is 12.4 Å². The maximum absolute atomic E-state index is 8.47. The summed E-state index contributed by atoms with van der Waals surface area (Å²) in [7, 11) is 0. The van der Waals surface area contributed by atoms with Gasteiger partial charge in [-0.1, -0.05) is 18.7 Å². The van der Waals surface area contributed by atoms with Gasteiger partial charge in [0.25, 0.3) is 0 Å². The van der Waals surface area contributed by atoms with Gasteiger partial charge in [0.05, 0.1) is 5.54 Å². The Morgan fingerprint density at radius 2 is 2.38 bits per heavy atom. The highest BCUT2D eigenvalue weighted by Gasteiger charge is 2.35. The molecule has 0 atom stereocenters. The molecule has 1 fully saturated rings. The molecule has 1 aliphatic rings. The quantitative estimate of drug-likeness (QED) is 0.319. The summed E-state index contributed by atoms with van der Waals surface area (Å²) in [6, 6.07) is 0. The van der Waals surface area contributed by atoms with Gasteiger partial charge in [0.15, 0.2) is 11.4 Å². The van der Waals surface area contributed by atoms with Crippen molar-refractivity contribution in [2.24, 2.45) is 4.99 Å². The Balaban J connectivity index is 2.64. The van der Waals surface area contributed by atoms with Gasteiger partial charge in [-0.2, -0.15) is 5.26 Å². The van der Waals surface area contributed by atoms with Gasteiger partial charge in [0, 0.05) is 0 Å². The number of nitriles is 1. The first-order chi connectivity index (χ1) is 6.26. The van der Waals surface area contributed by atoms with E-state index in [9.17, 15) is 0 Å². The summed E-state index contributed by atoms with van der Waals surface area (Å²) in [4.78, 5) is 4.59. The monoisotopic (exact) mass is 197 g/mol. The highest BCUT2D eigenvalue weighted by atomic mass is 32.2. The molecule has 0 unspecified atom stereocenters. The highest BCUT2D eigenvalue weighted by molar-refractivity contribution is 8.13. The summed E-state index contributed by atoms with van der Waals surface area (Å²) in [5.41, 5.74) is 0.141. The first-order valence-corrected chi connectivity index (χ1v) is 5.78. The van der Waals surface area contributed by atoms with E-state index in [0.29, 0.717) is 0 Å². The lowest BCUT2D eigenvalue weighted by molar-refractivity contribution is 0.244. The van der Waals surface area contributed by atoms with Crippen molar-refractivity contribution in [1.29, 1.82) is 5.26 Å². The molecule has 4 heteroatoms. The van der Waals surface area contributed by atoms with Crippen LogP contribution in [0.2, 0.25) is 0 Å².